The number of unbranched alkanes of at least 4 members (excludes halogenated alkanes) is 1. The Bertz CT molecular complexity index is 337. The maximum atomic E-state index is 12.3. The molecule has 0 aromatic heterocycles. The summed E-state index contributed by atoms with van der Waals surface area (Å²) in [7, 11) is 0. The second kappa shape index (κ2) is 7.87. The van der Waals surface area contributed by atoms with E-state index in [0.717, 1.165) is 32.2 Å². The molecule has 0 atom stereocenters. The van der Waals surface area contributed by atoms with Crippen LogP contribution in [0.4, 0.5) is 0 Å². The third kappa shape index (κ3) is 4.65. The molecule has 0 radical (unpaired) electrons. The molecule has 1 saturated heterocycles. The Hall–Kier alpha value is -0.770. The molecule has 1 aliphatic heterocycles. The van der Waals surface area contributed by atoms with Crippen molar-refractivity contribution in [3.63, 3.8) is 0 Å². The van der Waals surface area contributed by atoms with Gasteiger partial charge in [-0.1, -0.05) is 13.3 Å². The molecule has 1 aliphatic rings. The van der Waals surface area contributed by atoms with E-state index < -0.39 is 5.41 Å². The van der Waals surface area contributed by atoms with Crippen LogP contribution >= 0.6 is 11.6 Å². The first kappa shape index (κ1) is 17.3. The van der Waals surface area contributed by atoms with Crippen LogP contribution < -0.4 is 5.32 Å². The van der Waals surface area contributed by atoms with E-state index >= 15 is 0 Å². The van der Waals surface area contributed by atoms with E-state index in [2.05, 4.69) is 12.2 Å². The second-order valence-electron chi connectivity index (χ2n) is 6.23. The Kier molecular flexibility index (Phi) is 6.80. The molecule has 0 saturated carbocycles. The van der Waals surface area contributed by atoms with Crippen molar-refractivity contribution in [2.45, 2.75) is 46.5 Å². The Morgan fingerprint density at radius 2 is 1.90 bits per heavy atom. The molecule has 1 fully saturated rings. The van der Waals surface area contributed by atoms with E-state index in [1.54, 1.807) is 0 Å². The summed E-state index contributed by atoms with van der Waals surface area (Å²) in [5.41, 5.74) is -0.516. The summed E-state index contributed by atoms with van der Waals surface area (Å²) in [6.07, 6.45) is 3.61. The van der Waals surface area contributed by atoms with Gasteiger partial charge in [-0.05, 0) is 33.1 Å². The van der Waals surface area contributed by atoms with E-state index in [9.17, 15) is 9.59 Å². The molecule has 0 spiro atoms. The molecular weight excluding hydrogens is 276 g/mol. The number of carbonyl (C=O) groups excluding carboxylic acids is 2. The number of halogens is 1. The van der Waals surface area contributed by atoms with Gasteiger partial charge in [-0.3, -0.25) is 9.59 Å². The molecule has 0 aromatic carbocycles. The molecule has 0 bridgehead atoms. The van der Waals surface area contributed by atoms with Crippen LogP contribution in [-0.2, 0) is 9.59 Å². The highest BCUT2D eigenvalue weighted by Crippen LogP contribution is 2.25. The van der Waals surface area contributed by atoms with Crippen LogP contribution in [0.3, 0.4) is 0 Å². The Morgan fingerprint density at radius 1 is 1.30 bits per heavy atom. The number of nitrogens with one attached hydrogen (secondary N) is 1. The first-order chi connectivity index (χ1) is 9.42. The van der Waals surface area contributed by atoms with Crippen LogP contribution in [0, 0.1) is 11.3 Å². The lowest BCUT2D eigenvalue weighted by Gasteiger charge is -2.35. The monoisotopic (exact) mass is 302 g/mol. The minimum absolute atomic E-state index is 0.0509. The highest BCUT2D eigenvalue weighted by Gasteiger charge is 2.34. The quantitative estimate of drug-likeness (QED) is 0.605. The van der Waals surface area contributed by atoms with Crippen LogP contribution in [0.2, 0.25) is 0 Å². The minimum Gasteiger partial charge on any atom is -0.356 e. The maximum absolute atomic E-state index is 12.3. The highest BCUT2D eigenvalue weighted by molar-refractivity contribution is 6.19. The van der Waals surface area contributed by atoms with Crippen molar-refractivity contribution in [1.82, 2.24) is 10.2 Å². The summed E-state index contributed by atoms with van der Waals surface area (Å²) in [6.45, 7) is 7.91. The molecule has 0 aliphatic carbocycles. The standard InChI is InChI=1S/C15H27ClN2O2/c1-4-5-8-17-13(19)12-6-9-18(10-7-12)14(20)15(2,3)11-16/h12H,4-11H2,1-3H3,(H,17,19). The summed E-state index contributed by atoms with van der Waals surface area (Å²) in [5.74, 6) is 0.609. The molecule has 1 heterocycles. The van der Waals surface area contributed by atoms with Crippen LogP contribution in [0.5, 0.6) is 0 Å². The van der Waals surface area contributed by atoms with Gasteiger partial charge in [0.25, 0.3) is 0 Å². The number of nitrogens with zero attached hydrogens (tertiary/aromatic N) is 1. The first-order valence-electron chi connectivity index (χ1n) is 7.55. The smallest absolute Gasteiger partial charge is 0.229 e. The molecule has 1 N–H and O–H groups in total. The number of rotatable bonds is 6. The van der Waals surface area contributed by atoms with Gasteiger partial charge in [-0.2, -0.15) is 0 Å². The summed E-state index contributed by atoms with van der Waals surface area (Å²) in [6, 6.07) is 0. The van der Waals surface area contributed by atoms with Gasteiger partial charge in [0.1, 0.15) is 0 Å². The Morgan fingerprint density at radius 3 is 2.40 bits per heavy atom. The number of likely N-dealkylation sites (tertiary alicyclic amines) is 1. The highest BCUT2D eigenvalue weighted by atomic mass is 35.5. The van der Waals surface area contributed by atoms with Crippen molar-refractivity contribution in [1.29, 1.82) is 0 Å². The van der Waals surface area contributed by atoms with Crippen LogP contribution in [0.15, 0.2) is 0 Å². The minimum atomic E-state index is -0.516. The largest absolute Gasteiger partial charge is 0.356 e. The van der Waals surface area contributed by atoms with Gasteiger partial charge in [0.2, 0.25) is 11.8 Å². The molecule has 0 unspecified atom stereocenters. The summed E-state index contributed by atoms with van der Waals surface area (Å²) >= 11 is 5.85. The van der Waals surface area contributed by atoms with E-state index in [1.165, 1.54) is 0 Å². The average Bonchev–Trinajstić information content (AvgIpc) is 2.46. The van der Waals surface area contributed by atoms with Gasteiger partial charge < -0.3 is 10.2 Å². The number of hydrogen-bond acceptors (Lipinski definition) is 2. The zero-order chi connectivity index (χ0) is 15.2. The summed E-state index contributed by atoms with van der Waals surface area (Å²) in [5, 5.41) is 2.98. The van der Waals surface area contributed by atoms with Gasteiger partial charge >= 0.3 is 0 Å². The Balaban J connectivity index is 2.40. The molecule has 5 heteroatoms. The molecule has 2 amide bonds. The SMILES string of the molecule is CCCCNC(=O)C1CCN(C(=O)C(C)(C)CCl)CC1. The zero-order valence-electron chi connectivity index (χ0n) is 12.9. The number of piperidine rings is 1. The van der Waals surface area contributed by atoms with Crippen molar-refractivity contribution in [2.75, 3.05) is 25.5 Å². The third-order valence-electron chi connectivity index (χ3n) is 3.90. The number of hydrogen-bond donors (Lipinski definition) is 1. The fraction of sp³-hybridized carbons (Fsp3) is 0.867. The van der Waals surface area contributed by atoms with Crippen molar-refractivity contribution < 1.29 is 9.59 Å². The second-order valence-corrected chi connectivity index (χ2v) is 6.50. The number of carbonyl (C=O) groups is 2. The van der Waals surface area contributed by atoms with Gasteiger partial charge in [-0.15, -0.1) is 11.6 Å². The lowest BCUT2D eigenvalue weighted by atomic mass is 9.90. The lowest BCUT2D eigenvalue weighted by molar-refractivity contribution is -0.142. The molecule has 4 nitrogen and oxygen atoms in total. The van der Waals surface area contributed by atoms with Gasteiger partial charge in [0.05, 0.1) is 5.41 Å². The molecular formula is C15H27ClN2O2. The fourth-order valence-electron chi connectivity index (χ4n) is 2.36. The van der Waals surface area contributed by atoms with Crippen LogP contribution in [0.1, 0.15) is 46.5 Å². The van der Waals surface area contributed by atoms with Crippen molar-refractivity contribution in [2.24, 2.45) is 11.3 Å². The summed E-state index contributed by atoms with van der Waals surface area (Å²) < 4.78 is 0. The van der Waals surface area contributed by atoms with Crippen LogP contribution in [0.25, 0.3) is 0 Å². The predicted molar refractivity (Wildman–Crippen MR) is 81.7 cm³/mol. The average molecular weight is 303 g/mol. The summed E-state index contributed by atoms with van der Waals surface area (Å²) in [4.78, 5) is 26.1. The molecule has 1 rings (SSSR count). The van der Waals surface area contributed by atoms with E-state index in [-0.39, 0.29) is 17.7 Å². The molecule has 0 aromatic rings. The zero-order valence-corrected chi connectivity index (χ0v) is 13.6. The molecule has 20 heavy (non-hydrogen) atoms. The number of amides is 2. The van der Waals surface area contributed by atoms with Crippen molar-refractivity contribution in [3.05, 3.63) is 0 Å². The first-order valence-corrected chi connectivity index (χ1v) is 8.09. The number of alkyl halides is 1. The van der Waals surface area contributed by atoms with E-state index in [1.807, 2.05) is 18.7 Å². The third-order valence-corrected chi connectivity index (χ3v) is 4.56. The normalized spacial score (nSPS) is 17.1. The van der Waals surface area contributed by atoms with Gasteiger partial charge in [0.15, 0.2) is 0 Å². The van der Waals surface area contributed by atoms with Crippen molar-refractivity contribution >= 4 is 23.4 Å². The Labute approximate surface area is 127 Å². The predicted octanol–water partition coefficient (Wildman–Crippen LogP) is 2.41. The van der Waals surface area contributed by atoms with E-state index in [0.29, 0.717) is 19.0 Å². The van der Waals surface area contributed by atoms with Gasteiger partial charge in [0, 0.05) is 31.4 Å². The van der Waals surface area contributed by atoms with E-state index in [4.69, 9.17) is 11.6 Å². The topological polar surface area (TPSA) is 49.4 Å². The van der Waals surface area contributed by atoms with Crippen LogP contribution in [-0.4, -0.2) is 42.2 Å². The molecule has 116 valence electrons. The fourth-order valence-corrected chi connectivity index (χ4v) is 2.48. The van der Waals surface area contributed by atoms with Crippen molar-refractivity contribution in [3.8, 4) is 0 Å². The maximum Gasteiger partial charge on any atom is 0.229 e. The van der Waals surface area contributed by atoms with Gasteiger partial charge in [-0.25, -0.2) is 0 Å². The lowest BCUT2D eigenvalue weighted by Crippen LogP contribution is -2.48.